The highest BCUT2D eigenvalue weighted by atomic mass is 32.2. The van der Waals surface area contributed by atoms with Crippen molar-refractivity contribution < 1.29 is 13.9 Å². The van der Waals surface area contributed by atoms with Gasteiger partial charge in [-0.15, -0.1) is 10.2 Å². The lowest BCUT2D eigenvalue weighted by Crippen LogP contribution is -2.15. The molecule has 0 aliphatic rings. The van der Waals surface area contributed by atoms with E-state index < -0.39 is 0 Å². The Morgan fingerprint density at radius 2 is 1.91 bits per heavy atom. The number of para-hydroxylation sites is 1. The molecule has 0 spiro atoms. The molecule has 0 saturated carbocycles. The fourth-order valence-corrected chi connectivity index (χ4v) is 4.63. The normalized spacial score (nSPS) is 11.2. The van der Waals surface area contributed by atoms with Crippen molar-refractivity contribution in [3.63, 3.8) is 0 Å². The van der Waals surface area contributed by atoms with Crippen LogP contribution in [0.15, 0.2) is 70.5 Å². The average molecular weight is 474 g/mol. The Morgan fingerprint density at radius 1 is 1.09 bits per heavy atom. The fourth-order valence-electron chi connectivity index (χ4n) is 3.87. The maximum Gasteiger partial charge on any atom is 0.234 e. The summed E-state index contributed by atoms with van der Waals surface area (Å²) in [6.07, 6.45) is 4.38. The highest BCUT2D eigenvalue weighted by Gasteiger charge is 2.17. The van der Waals surface area contributed by atoms with Crippen molar-refractivity contribution in [1.82, 2.24) is 19.7 Å². The molecule has 5 rings (SSSR count). The van der Waals surface area contributed by atoms with Crippen molar-refractivity contribution >= 4 is 45.3 Å². The van der Waals surface area contributed by atoms with Crippen LogP contribution in [-0.4, -0.2) is 38.5 Å². The summed E-state index contributed by atoms with van der Waals surface area (Å²) in [7, 11) is 1.59. The molecule has 34 heavy (non-hydrogen) atoms. The van der Waals surface area contributed by atoms with Gasteiger partial charge in [-0.05, 0) is 30.7 Å². The molecule has 0 saturated heterocycles. The van der Waals surface area contributed by atoms with Gasteiger partial charge < -0.3 is 19.0 Å². The Kier molecular flexibility index (Phi) is 6.18. The van der Waals surface area contributed by atoms with Gasteiger partial charge >= 0.3 is 0 Å². The van der Waals surface area contributed by atoms with Gasteiger partial charge in [-0.2, -0.15) is 0 Å². The van der Waals surface area contributed by atoms with Crippen molar-refractivity contribution in [2.75, 3.05) is 18.2 Å². The van der Waals surface area contributed by atoms with Crippen LogP contribution in [0.25, 0.3) is 33.3 Å². The molecule has 5 aromatic rings. The number of nitrogens with zero attached hydrogens (tertiary/aromatic N) is 4. The molecule has 9 heteroatoms. The summed E-state index contributed by atoms with van der Waals surface area (Å²) in [6, 6.07) is 15.3. The van der Waals surface area contributed by atoms with E-state index in [0.29, 0.717) is 22.2 Å². The number of anilines is 1. The zero-order valence-electron chi connectivity index (χ0n) is 18.8. The smallest absolute Gasteiger partial charge is 0.234 e. The molecule has 0 radical (unpaired) electrons. The molecule has 3 aromatic heterocycles. The number of methoxy groups -OCH3 is 1. The van der Waals surface area contributed by atoms with Crippen LogP contribution >= 0.6 is 11.8 Å². The minimum absolute atomic E-state index is 0.171. The number of benzene rings is 2. The van der Waals surface area contributed by atoms with E-state index in [0.717, 1.165) is 40.7 Å². The second-order valence-electron chi connectivity index (χ2n) is 7.68. The third-order valence-corrected chi connectivity index (χ3v) is 6.37. The van der Waals surface area contributed by atoms with Crippen LogP contribution in [0.1, 0.15) is 13.3 Å². The van der Waals surface area contributed by atoms with Crippen LogP contribution < -0.4 is 10.1 Å². The molecular formula is C25H23N5O3S. The zero-order valence-corrected chi connectivity index (χ0v) is 19.6. The van der Waals surface area contributed by atoms with Gasteiger partial charge in [-0.3, -0.25) is 9.78 Å². The number of fused-ring (bicyclic) bond motifs is 3. The number of rotatable bonds is 8. The number of thioether (sulfide) groups is 1. The first kappa shape index (κ1) is 22.0. The monoisotopic (exact) mass is 473 g/mol. The molecule has 0 aliphatic heterocycles. The number of pyridine rings is 1. The number of ether oxygens (including phenoxy) is 1. The molecular weight excluding hydrogens is 450 g/mol. The number of aromatic nitrogens is 4. The van der Waals surface area contributed by atoms with Gasteiger partial charge in [0.2, 0.25) is 5.91 Å². The summed E-state index contributed by atoms with van der Waals surface area (Å²) in [4.78, 5) is 16.9. The molecule has 8 nitrogen and oxygen atoms in total. The van der Waals surface area contributed by atoms with Crippen LogP contribution in [0.4, 0.5) is 5.69 Å². The van der Waals surface area contributed by atoms with E-state index in [1.165, 1.54) is 11.8 Å². The van der Waals surface area contributed by atoms with Crippen LogP contribution in [0.5, 0.6) is 5.75 Å². The van der Waals surface area contributed by atoms with Crippen molar-refractivity contribution in [2.24, 2.45) is 0 Å². The second-order valence-corrected chi connectivity index (χ2v) is 8.62. The predicted molar refractivity (Wildman–Crippen MR) is 133 cm³/mol. The summed E-state index contributed by atoms with van der Waals surface area (Å²) in [5.41, 5.74) is 2.98. The minimum atomic E-state index is -0.171. The third-order valence-electron chi connectivity index (χ3n) is 5.41. The standard InChI is InChI=1S/C25H23N5O3S/c1-3-12-30-24(16-8-10-26-11-9-16)28-29-25(30)34-15-23(31)27-19-14-21-18(13-22(19)32-2)17-6-4-5-7-20(17)33-21/h4-11,13-14H,3,12,15H2,1-2H3,(H,27,31). The summed E-state index contributed by atoms with van der Waals surface area (Å²) in [5.74, 6) is 1.35. The van der Waals surface area contributed by atoms with Gasteiger partial charge in [0, 0.05) is 41.3 Å². The maximum absolute atomic E-state index is 12.8. The van der Waals surface area contributed by atoms with Crippen LogP contribution in [0, 0.1) is 0 Å². The van der Waals surface area contributed by atoms with E-state index >= 15 is 0 Å². The van der Waals surface area contributed by atoms with Crippen molar-refractivity contribution in [3.05, 3.63) is 60.9 Å². The summed E-state index contributed by atoms with van der Waals surface area (Å²) >= 11 is 1.35. The molecule has 0 unspecified atom stereocenters. The Bertz CT molecular complexity index is 1460. The lowest BCUT2D eigenvalue weighted by Gasteiger charge is -2.11. The number of nitrogens with one attached hydrogen (secondary N) is 1. The Hall–Kier alpha value is -3.85. The molecule has 3 heterocycles. The highest BCUT2D eigenvalue weighted by molar-refractivity contribution is 7.99. The first-order chi connectivity index (χ1) is 16.7. The van der Waals surface area contributed by atoms with Crippen molar-refractivity contribution in [2.45, 2.75) is 25.0 Å². The van der Waals surface area contributed by atoms with E-state index in [1.807, 2.05) is 47.0 Å². The Balaban J connectivity index is 1.35. The molecule has 2 aromatic carbocycles. The quantitative estimate of drug-likeness (QED) is 0.302. The summed E-state index contributed by atoms with van der Waals surface area (Å²) in [5, 5.41) is 14.3. The largest absolute Gasteiger partial charge is 0.495 e. The zero-order chi connectivity index (χ0) is 23.5. The lowest BCUT2D eigenvalue weighted by atomic mass is 10.1. The SMILES string of the molecule is CCCn1c(SCC(=O)Nc2cc3oc4ccccc4c3cc2OC)nnc1-c1ccncc1. The number of hydrogen-bond acceptors (Lipinski definition) is 7. The molecule has 1 N–H and O–H groups in total. The predicted octanol–water partition coefficient (Wildman–Crippen LogP) is 5.39. The number of hydrogen-bond donors (Lipinski definition) is 1. The topological polar surface area (TPSA) is 95.1 Å². The van der Waals surface area contributed by atoms with E-state index in [4.69, 9.17) is 9.15 Å². The van der Waals surface area contributed by atoms with E-state index in [1.54, 1.807) is 25.6 Å². The van der Waals surface area contributed by atoms with Crippen molar-refractivity contribution in [1.29, 1.82) is 0 Å². The average Bonchev–Trinajstić information content (AvgIpc) is 3.43. The molecule has 0 fully saturated rings. The molecule has 0 aliphatic carbocycles. The van der Waals surface area contributed by atoms with Gasteiger partial charge in [-0.25, -0.2) is 0 Å². The van der Waals surface area contributed by atoms with E-state index in [2.05, 4.69) is 27.4 Å². The van der Waals surface area contributed by atoms with Crippen LogP contribution in [-0.2, 0) is 11.3 Å². The Labute approximate surface area is 200 Å². The summed E-state index contributed by atoms with van der Waals surface area (Å²) < 4.78 is 13.5. The number of carbonyl (C=O) groups is 1. The molecule has 1 amide bonds. The first-order valence-corrected chi connectivity index (χ1v) is 11.9. The minimum Gasteiger partial charge on any atom is -0.495 e. The molecule has 0 bridgehead atoms. The van der Waals surface area contributed by atoms with Crippen LogP contribution in [0.3, 0.4) is 0 Å². The highest BCUT2D eigenvalue weighted by Crippen LogP contribution is 2.36. The van der Waals surface area contributed by atoms with Gasteiger partial charge in [0.05, 0.1) is 18.6 Å². The van der Waals surface area contributed by atoms with Gasteiger partial charge in [0.15, 0.2) is 11.0 Å². The van der Waals surface area contributed by atoms with Gasteiger partial charge in [0.25, 0.3) is 0 Å². The fraction of sp³-hybridized carbons (Fsp3) is 0.200. The molecule has 172 valence electrons. The van der Waals surface area contributed by atoms with Crippen LogP contribution in [0.2, 0.25) is 0 Å². The van der Waals surface area contributed by atoms with E-state index in [-0.39, 0.29) is 11.7 Å². The molecule has 0 atom stereocenters. The second kappa shape index (κ2) is 9.56. The van der Waals surface area contributed by atoms with Gasteiger partial charge in [-0.1, -0.05) is 36.9 Å². The number of furan rings is 1. The number of carbonyl (C=O) groups excluding carboxylic acids is 1. The van der Waals surface area contributed by atoms with Crippen molar-refractivity contribution in [3.8, 4) is 17.1 Å². The third kappa shape index (κ3) is 4.22. The Morgan fingerprint density at radius 3 is 2.71 bits per heavy atom. The van der Waals surface area contributed by atoms with E-state index in [9.17, 15) is 4.79 Å². The van der Waals surface area contributed by atoms with Gasteiger partial charge in [0.1, 0.15) is 16.9 Å². The summed E-state index contributed by atoms with van der Waals surface area (Å²) in [6.45, 7) is 2.85. The lowest BCUT2D eigenvalue weighted by molar-refractivity contribution is -0.113. The maximum atomic E-state index is 12.8. The number of amides is 1. The first-order valence-electron chi connectivity index (χ1n) is 10.9.